The van der Waals surface area contributed by atoms with Crippen LogP contribution in [-0.2, 0) is 13.0 Å². The number of rotatable bonds is 4. The molecule has 1 aromatic heterocycles. The Kier molecular flexibility index (Phi) is 3.03. The van der Waals surface area contributed by atoms with E-state index in [1.807, 2.05) is 18.5 Å². The maximum absolute atomic E-state index is 5.91. The minimum absolute atomic E-state index is 0.210. The fourth-order valence-electron chi connectivity index (χ4n) is 1.23. The second-order valence-corrected chi connectivity index (χ2v) is 4.06. The fourth-order valence-corrected chi connectivity index (χ4v) is 1.23. The summed E-state index contributed by atoms with van der Waals surface area (Å²) in [6, 6.07) is 0. The first-order valence-corrected chi connectivity index (χ1v) is 4.68. The van der Waals surface area contributed by atoms with E-state index in [0.717, 1.165) is 25.2 Å². The van der Waals surface area contributed by atoms with Crippen molar-refractivity contribution in [2.24, 2.45) is 5.73 Å². The smallest absolute Gasteiger partial charge is 0.138 e. The number of aromatic nitrogens is 3. The Morgan fingerprint density at radius 3 is 2.77 bits per heavy atom. The number of hydrogen-bond acceptors (Lipinski definition) is 3. The van der Waals surface area contributed by atoms with Crippen LogP contribution in [0.25, 0.3) is 0 Å². The first-order valence-electron chi connectivity index (χ1n) is 4.68. The van der Waals surface area contributed by atoms with Crippen LogP contribution < -0.4 is 5.73 Å². The van der Waals surface area contributed by atoms with Crippen molar-refractivity contribution in [1.82, 2.24) is 14.8 Å². The summed E-state index contributed by atoms with van der Waals surface area (Å²) in [5, 5.41) is 4.14. The zero-order chi connectivity index (χ0) is 9.90. The van der Waals surface area contributed by atoms with Crippen LogP contribution in [0, 0.1) is 0 Å². The van der Waals surface area contributed by atoms with Crippen molar-refractivity contribution in [2.45, 2.75) is 45.7 Å². The van der Waals surface area contributed by atoms with Gasteiger partial charge in [0.25, 0.3) is 0 Å². The zero-order valence-electron chi connectivity index (χ0n) is 8.62. The van der Waals surface area contributed by atoms with Gasteiger partial charge >= 0.3 is 0 Å². The standard InChI is InChI=1S/C9H18N4/c1-4-5-13-8(11-7-12-13)6-9(2,3)10/h7H,4-6,10H2,1-3H3. The second kappa shape index (κ2) is 3.87. The van der Waals surface area contributed by atoms with Gasteiger partial charge in [0.1, 0.15) is 12.2 Å². The van der Waals surface area contributed by atoms with Crippen molar-refractivity contribution in [2.75, 3.05) is 0 Å². The summed E-state index contributed by atoms with van der Waals surface area (Å²) in [4.78, 5) is 4.19. The number of nitrogens with two attached hydrogens (primary N) is 1. The van der Waals surface area contributed by atoms with E-state index in [2.05, 4.69) is 17.0 Å². The molecule has 0 aliphatic rings. The Labute approximate surface area is 79.2 Å². The zero-order valence-corrected chi connectivity index (χ0v) is 8.62. The molecule has 0 radical (unpaired) electrons. The van der Waals surface area contributed by atoms with Crippen molar-refractivity contribution < 1.29 is 0 Å². The van der Waals surface area contributed by atoms with Crippen LogP contribution in [0.4, 0.5) is 0 Å². The minimum atomic E-state index is -0.210. The Morgan fingerprint density at radius 1 is 1.54 bits per heavy atom. The van der Waals surface area contributed by atoms with Gasteiger partial charge in [-0.3, -0.25) is 4.68 Å². The molecule has 0 aliphatic carbocycles. The van der Waals surface area contributed by atoms with Gasteiger partial charge in [-0.25, -0.2) is 4.98 Å². The Hall–Kier alpha value is -0.900. The van der Waals surface area contributed by atoms with E-state index in [0.29, 0.717) is 0 Å². The highest BCUT2D eigenvalue weighted by atomic mass is 15.3. The molecule has 0 fully saturated rings. The summed E-state index contributed by atoms with van der Waals surface area (Å²) in [6.07, 6.45) is 3.44. The predicted molar refractivity (Wildman–Crippen MR) is 52.3 cm³/mol. The molecule has 1 heterocycles. The molecule has 74 valence electrons. The summed E-state index contributed by atoms with van der Waals surface area (Å²) >= 11 is 0. The third kappa shape index (κ3) is 3.14. The van der Waals surface area contributed by atoms with Gasteiger partial charge in [-0.2, -0.15) is 5.10 Å². The van der Waals surface area contributed by atoms with Crippen LogP contribution >= 0.6 is 0 Å². The quantitative estimate of drug-likeness (QED) is 0.754. The highest BCUT2D eigenvalue weighted by molar-refractivity contribution is 4.92. The van der Waals surface area contributed by atoms with Crippen LogP contribution in [0.2, 0.25) is 0 Å². The average Bonchev–Trinajstić information content (AvgIpc) is 2.34. The van der Waals surface area contributed by atoms with Gasteiger partial charge in [0.2, 0.25) is 0 Å². The Balaban J connectivity index is 2.70. The molecule has 1 rings (SSSR count). The van der Waals surface area contributed by atoms with Crippen LogP contribution in [0.15, 0.2) is 6.33 Å². The van der Waals surface area contributed by atoms with Crippen LogP contribution in [-0.4, -0.2) is 20.3 Å². The van der Waals surface area contributed by atoms with Gasteiger partial charge < -0.3 is 5.73 Å². The average molecular weight is 182 g/mol. The summed E-state index contributed by atoms with van der Waals surface area (Å²) in [5.41, 5.74) is 5.70. The van der Waals surface area contributed by atoms with Gasteiger partial charge in [0, 0.05) is 18.5 Å². The monoisotopic (exact) mass is 182 g/mol. The highest BCUT2D eigenvalue weighted by Crippen LogP contribution is 2.07. The SMILES string of the molecule is CCCn1ncnc1CC(C)(C)N. The van der Waals surface area contributed by atoms with Crippen molar-refractivity contribution >= 4 is 0 Å². The Bertz CT molecular complexity index is 259. The molecular weight excluding hydrogens is 164 g/mol. The third-order valence-electron chi connectivity index (χ3n) is 1.74. The minimum Gasteiger partial charge on any atom is -0.325 e. The maximum Gasteiger partial charge on any atom is 0.138 e. The second-order valence-electron chi connectivity index (χ2n) is 4.06. The lowest BCUT2D eigenvalue weighted by atomic mass is 10.0. The number of nitrogens with zero attached hydrogens (tertiary/aromatic N) is 3. The van der Waals surface area contributed by atoms with Crippen molar-refractivity contribution in [3.63, 3.8) is 0 Å². The van der Waals surface area contributed by atoms with E-state index in [9.17, 15) is 0 Å². The van der Waals surface area contributed by atoms with Crippen molar-refractivity contribution in [1.29, 1.82) is 0 Å². The third-order valence-corrected chi connectivity index (χ3v) is 1.74. The molecule has 4 heteroatoms. The first-order chi connectivity index (χ1) is 6.03. The van der Waals surface area contributed by atoms with E-state index in [1.54, 1.807) is 6.33 Å². The van der Waals surface area contributed by atoms with Gasteiger partial charge in [-0.05, 0) is 20.3 Å². The largest absolute Gasteiger partial charge is 0.325 e. The summed E-state index contributed by atoms with van der Waals surface area (Å²) in [7, 11) is 0. The molecule has 0 aliphatic heterocycles. The van der Waals surface area contributed by atoms with E-state index in [-0.39, 0.29) is 5.54 Å². The molecule has 0 spiro atoms. The Morgan fingerprint density at radius 2 is 2.23 bits per heavy atom. The van der Waals surface area contributed by atoms with E-state index >= 15 is 0 Å². The molecule has 0 atom stereocenters. The molecule has 4 nitrogen and oxygen atoms in total. The van der Waals surface area contributed by atoms with Gasteiger partial charge in [0.15, 0.2) is 0 Å². The molecule has 13 heavy (non-hydrogen) atoms. The predicted octanol–water partition coefficient (Wildman–Crippen LogP) is 0.968. The number of hydrogen-bond donors (Lipinski definition) is 1. The van der Waals surface area contributed by atoms with E-state index in [1.165, 1.54) is 0 Å². The van der Waals surface area contributed by atoms with Crippen molar-refractivity contribution in [3.8, 4) is 0 Å². The highest BCUT2D eigenvalue weighted by Gasteiger charge is 2.15. The van der Waals surface area contributed by atoms with Crippen molar-refractivity contribution in [3.05, 3.63) is 12.2 Å². The molecule has 0 aromatic carbocycles. The summed E-state index contributed by atoms with van der Waals surface area (Å²) in [5.74, 6) is 0.981. The van der Waals surface area contributed by atoms with Gasteiger partial charge in [-0.1, -0.05) is 6.92 Å². The summed E-state index contributed by atoms with van der Waals surface area (Å²) in [6.45, 7) is 7.04. The molecular formula is C9H18N4. The number of aryl methyl sites for hydroxylation is 1. The van der Waals surface area contributed by atoms with E-state index < -0.39 is 0 Å². The normalized spacial score (nSPS) is 12.0. The lowest BCUT2D eigenvalue weighted by Crippen LogP contribution is -2.35. The lowest BCUT2D eigenvalue weighted by molar-refractivity contribution is 0.470. The molecule has 0 bridgehead atoms. The van der Waals surface area contributed by atoms with Gasteiger partial charge in [0.05, 0.1) is 0 Å². The fraction of sp³-hybridized carbons (Fsp3) is 0.778. The van der Waals surface area contributed by atoms with E-state index in [4.69, 9.17) is 5.73 Å². The molecule has 0 saturated heterocycles. The lowest BCUT2D eigenvalue weighted by Gasteiger charge is -2.17. The van der Waals surface area contributed by atoms with Crippen LogP contribution in [0.3, 0.4) is 0 Å². The molecule has 0 saturated carbocycles. The first kappa shape index (κ1) is 10.2. The van der Waals surface area contributed by atoms with Gasteiger partial charge in [-0.15, -0.1) is 0 Å². The molecule has 0 amide bonds. The topological polar surface area (TPSA) is 56.7 Å². The van der Waals surface area contributed by atoms with Crippen LogP contribution in [0.5, 0.6) is 0 Å². The van der Waals surface area contributed by atoms with Crippen LogP contribution in [0.1, 0.15) is 33.0 Å². The maximum atomic E-state index is 5.91. The molecule has 2 N–H and O–H groups in total. The molecule has 1 aromatic rings. The molecule has 0 unspecified atom stereocenters. The summed E-state index contributed by atoms with van der Waals surface area (Å²) < 4.78 is 1.93.